The molecule has 1 N–H and O–H groups in total. The van der Waals surface area contributed by atoms with Gasteiger partial charge in [0, 0.05) is 12.6 Å². The van der Waals surface area contributed by atoms with Crippen LogP contribution in [0.2, 0.25) is 0 Å². The molecule has 1 fully saturated rings. The number of hydrogen-bond donors (Lipinski definition) is 1. The fraction of sp³-hybridized carbons (Fsp3) is 0.545. The van der Waals surface area contributed by atoms with E-state index < -0.39 is 0 Å². The third-order valence-electron chi connectivity index (χ3n) is 6.02. The van der Waals surface area contributed by atoms with Crippen molar-refractivity contribution in [2.75, 3.05) is 0 Å². The van der Waals surface area contributed by atoms with E-state index in [1.54, 1.807) is 4.57 Å². The van der Waals surface area contributed by atoms with Crippen molar-refractivity contribution in [1.29, 1.82) is 0 Å². The molecule has 3 atom stereocenters. The van der Waals surface area contributed by atoms with Gasteiger partial charge in [0.15, 0.2) is 5.16 Å². The second-order valence-corrected chi connectivity index (χ2v) is 9.54. The summed E-state index contributed by atoms with van der Waals surface area (Å²) in [6, 6.07) is 7.76. The SMILES string of the molecule is CCCn1c(=O)c2ccccc2n2c(SC(C)C(=O)NC3CCCCC3C)nnc12. The summed E-state index contributed by atoms with van der Waals surface area (Å²) in [4.78, 5) is 25.8. The van der Waals surface area contributed by atoms with Gasteiger partial charge in [-0.05, 0) is 44.2 Å². The maximum atomic E-state index is 12.9. The first kappa shape index (κ1) is 20.9. The van der Waals surface area contributed by atoms with Crippen molar-refractivity contribution in [3.05, 3.63) is 34.6 Å². The van der Waals surface area contributed by atoms with Crippen LogP contribution >= 0.6 is 11.8 Å². The molecular formula is C22H29N5O2S. The number of para-hydroxylation sites is 1. The molecule has 3 unspecified atom stereocenters. The third-order valence-corrected chi connectivity index (χ3v) is 7.06. The normalized spacial score (nSPS) is 20.5. The molecule has 1 aromatic carbocycles. The molecule has 30 heavy (non-hydrogen) atoms. The highest BCUT2D eigenvalue weighted by Gasteiger charge is 2.26. The van der Waals surface area contributed by atoms with Crippen molar-refractivity contribution in [2.45, 2.75) is 75.9 Å². The Bertz CT molecular complexity index is 1120. The summed E-state index contributed by atoms with van der Waals surface area (Å²) >= 11 is 1.39. The zero-order valence-corrected chi connectivity index (χ0v) is 18.6. The summed E-state index contributed by atoms with van der Waals surface area (Å²) in [7, 11) is 0. The number of carbonyl (C=O) groups excluding carboxylic acids is 1. The van der Waals surface area contributed by atoms with Crippen LogP contribution < -0.4 is 10.9 Å². The van der Waals surface area contributed by atoms with Gasteiger partial charge in [-0.2, -0.15) is 0 Å². The Balaban J connectivity index is 1.66. The molecule has 0 bridgehead atoms. The van der Waals surface area contributed by atoms with Crippen molar-refractivity contribution in [1.82, 2.24) is 24.5 Å². The van der Waals surface area contributed by atoms with Gasteiger partial charge in [0.25, 0.3) is 5.56 Å². The fourth-order valence-corrected chi connectivity index (χ4v) is 5.14. The number of amides is 1. The lowest BCUT2D eigenvalue weighted by Gasteiger charge is -2.30. The van der Waals surface area contributed by atoms with E-state index in [9.17, 15) is 9.59 Å². The molecule has 4 rings (SSSR count). The summed E-state index contributed by atoms with van der Waals surface area (Å²) in [5, 5.41) is 12.9. The van der Waals surface area contributed by atoms with E-state index in [0.717, 1.165) is 18.4 Å². The first-order valence-electron chi connectivity index (χ1n) is 10.8. The number of thioether (sulfide) groups is 1. The van der Waals surface area contributed by atoms with Crippen LogP contribution in [0.4, 0.5) is 0 Å². The maximum absolute atomic E-state index is 12.9. The Morgan fingerprint density at radius 2 is 2.03 bits per heavy atom. The largest absolute Gasteiger partial charge is 0.352 e. The van der Waals surface area contributed by atoms with Gasteiger partial charge in [-0.15, -0.1) is 10.2 Å². The van der Waals surface area contributed by atoms with Crippen molar-refractivity contribution in [2.24, 2.45) is 5.92 Å². The highest BCUT2D eigenvalue weighted by atomic mass is 32.2. The lowest BCUT2D eigenvalue weighted by molar-refractivity contribution is -0.121. The van der Waals surface area contributed by atoms with Crippen LogP contribution in [0.5, 0.6) is 0 Å². The second-order valence-electron chi connectivity index (χ2n) is 8.23. The van der Waals surface area contributed by atoms with Crippen molar-refractivity contribution < 1.29 is 4.79 Å². The number of rotatable bonds is 6. The third kappa shape index (κ3) is 3.85. The number of fused-ring (bicyclic) bond motifs is 3. The van der Waals surface area contributed by atoms with Crippen LogP contribution in [-0.4, -0.2) is 36.4 Å². The monoisotopic (exact) mass is 427 g/mol. The van der Waals surface area contributed by atoms with Gasteiger partial charge in [0.05, 0.1) is 16.2 Å². The van der Waals surface area contributed by atoms with Crippen LogP contribution in [0, 0.1) is 5.92 Å². The van der Waals surface area contributed by atoms with Gasteiger partial charge in [0.2, 0.25) is 11.7 Å². The Kier molecular flexibility index (Phi) is 6.13. The minimum atomic E-state index is -0.308. The zero-order chi connectivity index (χ0) is 21.3. The summed E-state index contributed by atoms with van der Waals surface area (Å²) < 4.78 is 3.58. The van der Waals surface area contributed by atoms with Crippen molar-refractivity contribution >= 4 is 34.3 Å². The Labute approximate surface area is 180 Å². The van der Waals surface area contributed by atoms with Crippen LogP contribution in [0.25, 0.3) is 16.7 Å². The molecule has 0 spiro atoms. The van der Waals surface area contributed by atoms with E-state index in [1.807, 2.05) is 42.5 Å². The number of aryl methyl sites for hydroxylation is 1. The highest BCUT2D eigenvalue weighted by Crippen LogP contribution is 2.27. The maximum Gasteiger partial charge on any atom is 0.262 e. The molecule has 7 nitrogen and oxygen atoms in total. The van der Waals surface area contributed by atoms with Crippen LogP contribution in [0.3, 0.4) is 0 Å². The Morgan fingerprint density at radius 1 is 1.27 bits per heavy atom. The molecule has 8 heteroatoms. The molecular weight excluding hydrogens is 398 g/mol. The smallest absolute Gasteiger partial charge is 0.262 e. The Morgan fingerprint density at radius 3 is 2.80 bits per heavy atom. The highest BCUT2D eigenvalue weighted by molar-refractivity contribution is 8.00. The predicted molar refractivity (Wildman–Crippen MR) is 120 cm³/mol. The summed E-state index contributed by atoms with van der Waals surface area (Å²) in [6.45, 7) is 6.72. The molecule has 3 aromatic rings. The average molecular weight is 428 g/mol. The quantitative estimate of drug-likeness (QED) is 0.608. The predicted octanol–water partition coefficient (Wildman–Crippen LogP) is 3.63. The number of nitrogens with zero attached hydrogens (tertiary/aromatic N) is 4. The molecule has 1 aliphatic carbocycles. The summed E-state index contributed by atoms with van der Waals surface area (Å²) in [6.07, 6.45) is 5.46. The van der Waals surface area contributed by atoms with Crippen LogP contribution in [0.15, 0.2) is 34.2 Å². The van der Waals surface area contributed by atoms with Crippen LogP contribution in [-0.2, 0) is 11.3 Å². The van der Waals surface area contributed by atoms with Gasteiger partial charge in [-0.1, -0.05) is 50.6 Å². The summed E-state index contributed by atoms with van der Waals surface area (Å²) in [5.74, 6) is 1.07. The van der Waals surface area contributed by atoms with Crippen molar-refractivity contribution in [3.63, 3.8) is 0 Å². The number of hydrogen-bond acceptors (Lipinski definition) is 5. The van der Waals surface area contributed by atoms with Gasteiger partial charge in [-0.25, -0.2) is 0 Å². The first-order valence-corrected chi connectivity index (χ1v) is 11.7. The molecule has 0 aliphatic heterocycles. The molecule has 160 valence electrons. The second kappa shape index (κ2) is 8.79. The van der Waals surface area contributed by atoms with Crippen molar-refractivity contribution in [3.8, 4) is 0 Å². The number of aromatic nitrogens is 4. The fourth-order valence-electron chi connectivity index (χ4n) is 4.28. The van der Waals surface area contributed by atoms with Gasteiger partial charge in [-0.3, -0.25) is 18.6 Å². The van der Waals surface area contributed by atoms with E-state index in [-0.39, 0.29) is 22.8 Å². The zero-order valence-electron chi connectivity index (χ0n) is 17.8. The van der Waals surface area contributed by atoms with E-state index in [2.05, 4.69) is 22.4 Å². The summed E-state index contributed by atoms with van der Waals surface area (Å²) in [5.41, 5.74) is 0.715. The minimum Gasteiger partial charge on any atom is -0.352 e. The minimum absolute atomic E-state index is 0.0293. The lowest BCUT2D eigenvalue weighted by atomic mass is 9.86. The van der Waals surface area contributed by atoms with Gasteiger partial charge in [0.1, 0.15) is 0 Å². The van der Waals surface area contributed by atoms with E-state index in [4.69, 9.17) is 0 Å². The van der Waals surface area contributed by atoms with E-state index >= 15 is 0 Å². The van der Waals surface area contributed by atoms with E-state index in [0.29, 0.717) is 28.8 Å². The van der Waals surface area contributed by atoms with Crippen LogP contribution in [0.1, 0.15) is 52.9 Å². The average Bonchev–Trinajstić information content (AvgIpc) is 3.16. The van der Waals surface area contributed by atoms with Gasteiger partial charge >= 0.3 is 0 Å². The number of benzene rings is 1. The standard InChI is InChI=1S/C22H29N5O2S/c1-4-13-26-20(29)16-10-6-8-12-18(16)27-21(26)24-25-22(27)30-15(3)19(28)23-17-11-7-5-9-14(17)2/h6,8,10,12,14-15,17H,4-5,7,9,11,13H2,1-3H3,(H,23,28). The molecule has 2 aromatic heterocycles. The van der Waals surface area contributed by atoms with E-state index in [1.165, 1.54) is 31.0 Å². The van der Waals surface area contributed by atoms with Gasteiger partial charge < -0.3 is 5.32 Å². The topological polar surface area (TPSA) is 81.3 Å². The molecule has 0 radical (unpaired) electrons. The molecule has 1 amide bonds. The number of nitrogens with one attached hydrogen (secondary N) is 1. The lowest BCUT2D eigenvalue weighted by Crippen LogP contribution is -2.44. The molecule has 2 heterocycles. The molecule has 0 saturated heterocycles. The Hall–Kier alpha value is -2.35. The first-order chi connectivity index (χ1) is 14.5. The number of carbonyl (C=O) groups is 1. The molecule has 1 aliphatic rings. The molecule has 1 saturated carbocycles.